The first-order chi connectivity index (χ1) is 7.70. The highest BCUT2D eigenvalue weighted by Gasteiger charge is 2.16. The molecule has 0 saturated carbocycles. The van der Waals surface area contributed by atoms with Gasteiger partial charge in [0.15, 0.2) is 5.13 Å². The molecule has 0 fully saturated rings. The SMILES string of the molecule is CCCN1CCC=C(c2sc(N)nc2C)C1. The number of nitrogens with zero attached hydrogens (tertiary/aromatic N) is 2. The van der Waals surface area contributed by atoms with Gasteiger partial charge in [-0.05, 0) is 31.9 Å². The Hall–Kier alpha value is -0.870. The molecule has 3 nitrogen and oxygen atoms in total. The van der Waals surface area contributed by atoms with Crippen molar-refractivity contribution in [3.8, 4) is 0 Å². The summed E-state index contributed by atoms with van der Waals surface area (Å²) in [6.07, 6.45) is 4.70. The summed E-state index contributed by atoms with van der Waals surface area (Å²) in [6, 6.07) is 0. The van der Waals surface area contributed by atoms with Gasteiger partial charge < -0.3 is 5.73 Å². The van der Waals surface area contributed by atoms with E-state index < -0.39 is 0 Å². The zero-order chi connectivity index (χ0) is 11.5. The van der Waals surface area contributed by atoms with Gasteiger partial charge in [-0.15, -0.1) is 0 Å². The first kappa shape index (κ1) is 11.6. The van der Waals surface area contributed by atoms with E-state index in [1.807, 2.05) is 6.92 Å². The molecular formula is C12H19N3S. The summed E-state index contributed by atoms with van der Waals surface area (Å²) < 4.78 is 0. The molecule has 0 amide bonds. The molecule has 0 aliphatic carbocycles. The predicted octanol–water partition coefficient (Wildman–Crippen LogP) is 2.53. The average Bonchev–Trinajstić information content (AvgIpc) is 2.59. The zero-order valence-electron chi connectivity index (χ0n) is 9.99. The van der Waals surface area contributed by atoms with Gasteiger partial charge >= 0.3 is 0 Å². The highest BCUT2D eigenvalue weighted by Crippen LogP contribution is 2.30. The van der Waals surface area contributed by atoms with Gasteiger partial charge in [0.1, 0.15) is 0 Å². The quantitative estimate of drug-likeness (QED) is 0.878. The highest BCUT2D eigenvalue weighted by molar-refractivity contribution is 7.16. The van der Waals surface area contributed by atoms with E-state index >= 15 is 0 Å². The maximum absolute atomic E-state index is 5.75. The van der Waals surface area contributed by atoms with Crippen molar-refractivity contribution in [1.82, 2.24) is 9.88 Å². The van der Waals surface area contributed by atoms with Crippen LogP contribution in [0.25, 0.3) is 5.57 Å². The topological polar surface area (TPSA) is 42.1 Å². The molecule has 88 valence electrons. The molecule has 2 N–H and O–H groups in total. The van der Waals surface area contributed by atoms with Crippen LogP contribution < -0.4 is 5.73 Å². The Kier molecular flexibility index (Phi) is 3.61. The third-order valence-electron chi connectivity index (χ3n) is 2.87. The van der Waals surface area contributed by atoms with Crippen LogP contribution in [0.3, 0.4) is 0 Å². The first-order valence-electron chi connectivity index (χ1n) is 5.85. The number of nitrogens with two attached hydrogens (primary N) is 1. The maximum Gasteiger partial charge on any atom is 0.180 e. The standard InChI is InChI=1S/C12H19N3S/c1-3-6-15-7-4-5-10(8-15)11-9(2)14-12(13)16-11/h5H,3-4,6-8H2,1-2H3,(H2,13,14). The number of rotatable bonds is 3. The second kappa shape index (κ2) is 4.97. The molecule has 0 saturated heterocycles. The Morgan fingerprint density at radius 1 is 1.56 bits per heavy atom. The van der Waals surface area contributed by atoms with E-state index in [0.717, 1.165) is 18.7 Å². The predicted molar refractivity (Wildman–Crippen MR) is 70.6 cm³/mol. The van der Waals surface area contributed by atoms with Crippen molar-refractivity contribution in [3.63, 3.8) is 0 Å². The Balaban J connectivity index is 2.15. The fraction of sp³-hybridized carbons (Fsp3) is 0.583. The molecule has 2 heterocycles. The molecule has 0 atom stereocenters. The van der Waals surface area contributed by atoms with E-state index in [1.54, 1.807) is 11.3 Å². The molecule has 1 aromatic rings. The Bertz CT molecular complexity index is 395. The van der Waals surface area contributed by atoms with Gasteiger partial charge in [-0.3, -0.25) is 4.90 Å². The van der Waals surface area contributed by atoms with Gasteiger partial charge in [0.2, 0.25) is 0 Å². The molecule has 0 unspecified atom stereocenters. The van der Waals surface area contributed by atoms with E-state index in [4.69, 9.17) is 5.73 Å². The van der Waals surface area contributed by atoms with Gasteiger partial charge in [-0.25, -0.2) is 4.98 Å². The second-order valence-electron chi connectivity index (χ2n) is 4.26. The van der Waals surface area contributed by atoms with Crippen LogP contribution in [0, 0.1) is 6.92 Å². The van der Waals surface area contributed by atoms with Gasteiger partial charge in [-0.1, -0.05) is 24.3 Å². The van der Waals surface area contributed by atoms with Crippen LogP contribution in [-0.4, -0.2) is 29.5 Å². The lowest BCUT2D eigenvalue weighted by molar-refractivity contribution is 0.305. The summed E-state index contributed by atoms with van der Waals surface area (Å²) in [4.78, 5) is 8.08. The van der Waals surface area contributed by atoms with Crippen molar-refractivity contribution < 1.29 is 0 Å². The molecule has 0 bridgehead atoms. The smallest absolute Gasteiger partial charge is 0.180 e. The van der Waals surface area contributed by atoms with Crippen LogP contribution in [0.4, 0.5) is 5.13 Å². The summed E-state index contributed by atoms with van der Waals surface area (Å²) in [5.41, 5.74) is 8.23. The van der Waals surface area contributed by atoms with E-state index in [1.165, 1.54) is 30.0 Å². The van der Waals surface area contributed by atoms with E-state index in [9.17, 15) is 0 Å². The number of aryl methyl sites for hydroxylation is 1. The van der Waals surface area contributed by atoms with Crippen LogP contribution in [0.5, 0.6) is 0 Å². The third-order valence-corrected chi connectivity index (χ3v) is 3.94. The molecule has 2 rings (SSSR count). The number of nitrogen functional groups attached to an aromatic ring is 1. The van der Waals surface area contributed by atoms with Crippen LogP contribution >= 0.6 is 11.3 Å². The fourth-order valence-corrected chi connectivity index (χ4v) is 3.06. The van der Waals surface area contributed by atoms with Crippen molar-refractivity contribution in [3.05, 3.63) is 16.6 Å². The number of hydrogen-bond acceptors (Lipinski definition) is 4. The van der Waals surface area contributed by atoms with Gasteiger partial charge in [0.05, 0.1) is 10.6 Å². The Morgan fingerprint density at radius 3 is 3.00 bits per heavy atom. The van der Waals surface area contributed by atoms with E-state index in [-0.39, 0.29) is 0 Å². The molecular weight excluding hydrogens is 218 g/mol. The second-order valence-corrected chi connectivity index (χ2v) is 5.29. The minimum atomic E-state index is 0.681. The summed E-state index contributed by atoms with van der Waals surface area (Å²) in [5.74, 6) is 0. The van der Waals surface area contributed by atoms with E-state index in [0.29, 0.717) is 5.13 Å². The van der Waals surface area contributed by atoms with Gasteiger partial charge in [-0.2, -0.15) is 0 Å². The largest absolute Gasteiger partial charge is 0.375 e. The molecule has 1 aliphatic rings. The van der Waals surface area contributed by atoms with Gasteiger partial charge in [0, 0.05) is 13.1 Å². The molecule has 1 aliphatic heterocycles. The average molecular weight is 237 g/mol. The highest BCUT2D eigenvalue weighted by atomic mass is 32.1. The summed E-state index contributed by atoms with van der Waals surface area (Å²) in [5, 5.41) is 0.681. The number of anilines is 1. The molecule has 1 aromatic heterocycles. The number of thiazole rings is 1. The summed E-state index contributed by atoms with van der Waals surface area (Å²) in [7, 11) is 0. The van der Waals surface area contributed by atoms with Crippen LogP contribution in [0.15, 0.2) is 6.08 Å². The van der Waals surface area contributed by atoms with Gasteiger partial charge in [0.25, 0.3) is 0 Å². The maximum atomic E-state index is 5.75. The normalized spacial score (nSPS) is 17.5. The number of aromatic nitrogens is 1. The molecule has 4 heteroatoms. The van der Waals surface area contributed by atoms with E-state index in [2.05, 4.69) is 22.9 Å². The Morgan fingerprint density at radius 2 is 2.38 bits per heavy atom. The lowest BCUT2D eigenvalue weighted by Gasteiger charge is -2.26. The molecule has 0 aromatic carbocycles. The zero-order valence-corrected chi connectivity index (χ0v) is 10.8. The number of hydrogen-bond donors (Lipinski definition) is 1. The first-order valence-corrected chi connectivity index (χ1v) is 6.67. The van der Waals surface area contributed by atoms with Crippen LogP contribution in [0.2, 0.25) is 0 Å². The van der Waals surface area contributed by atoms with Crippen molar-refractivity contribution >= 4 is 22.0 Å². The molecule has 16 heavy (non-hydrogen) atoms. The summed E-state index contributed by atoms with van der Waals surface area (Å²) in [6.45, 7) is 7.70. The minimum absolute atomic E-state index is 0.681. The fourth-order valence-electron chi connectivity index (χ4n) is 2.19. The van der Waals surface area contributed by atoms with Crippen LogP contribution in [-0.2, 0) is 0 Å². The molecule has 0 spiro atoms. The van der Waals surface area contributed by atoms with Crippen molar-refractivity contribution in [2.45, 2.75) is 26.7 Å². The van der Waals surface area contributed by atoms with Crippen molar-refractivity contribution in [2.75, 3.05) is 25.4 Å². The summed E-state index contributed by atoms with van der Waals surface area (Å²) >= 11 is 1.61. The third kappa shape index (κ3) is 2.44. The molecule has 0 radical (unpaired) electrons. The van der Waals surface area contributed by atoms with Crippen molar-refractivity contribution in [1.29, 1.82) is 0 Å². The Labute approximate surface area is 101 Å². The lowest BCUT2D eigenvalue weighted by Crippen LogP contribution is -2.30. The lowest BCUT2D eigenvalue weighted by atomic mass is 10.1. The van der Waals surface area contributed by atoms with Crippen molar-refractivity contribution in [2.24, 2.45) is 0 Å². The van der Waals surface area contributed by atoms with Crippen LogP contribution in [0.1, 0.15) is 30.3 Å². The minimum Gasteiger partial charge on any atom is -0.375 e. The monoisotopic (exact) mass is 237 g/mol.